The third-order valence-corrected chi connectivity index (χ3v) is 5.57. The van der Waals surface area contributed by atoms with Crippen molar-refractivity contribution in [3.05, 3.63) is 78.0 Å². The molecule has 0 aliphatic rings. The minimum Gasteiger partial charge on any atom is -0.472 e. The molecule has 0 atom stereocenters. The smallest absolute Gasteiger partial charge is 0.338 e. The first-order chi connectivity index (χ1) is 12.4. The predicted molar refractivity (Wildman–Crippen MR) is 92.8 cm³/mol. The fourth-order valence-corrected chi connectivity index (χ4v) is 4.11. The summed E-state index contributed by atoms with van der Waals surface area (Å²) in [4.78, 5) is 12.2. The summed E-state index contributed by atoms with van der Waals surface area (Å²) in [6, 6.07) is 11.6. The minimum atomic E-state index is -3.81. The lowest BCUT2D eigenvalue weighted by Crippen LogP contribution is -2.13. The Morgan fingerprint density at radius 3 is 2.46 bits per heavy atom. The quantitative estimate of drug-likeness (QED) is 0.634. The van der Waals surface area contributed by atoms with Gasteiger partial charge >= 0.3 is 5.97 Å². The maximum Gasteiger partial charge on any atom is 0.338 e. The lowest BCUT2D eigenvalue weighted by molar-refractivity contribution is 0.0600. The van der Waals surface area contributed by atoms with E-state index in [0.717, 1.165) is 6.07 Å². The zero-order valence-electron chi connectivity index (χ0n) is 13.8. The van der Waals surface area contributed by atoms with Gasteiger partial charge in [-0.25, -0.2) is 17.6 Å². The van der Waals surface area contributed by atoms with Crippen LogP contribution in [0.1, 0.15) is 15.9 Å². The number of benzene rings is 2. The Labute approximate surface area is 150 Å². The van der Waals surface area contributed by atoms with Gasteiger partial charge in [-0.3, -0.25) is 0 Å². The largest absolute Gasteiger partial charge is 0.472 e. The second-order valence-electron chi connectivity index (χ2n) is 5.52. The zero-order valence-corrected chi connectivity index (χ0v) is 14.6. The van der Waals surface area contributed by atoms with E-state index in [1.54, 1.807) is 18.2 Å². The number of hydrogen-bond donors (Lipinski definition) is 0. The van der Waals surface area contributed by atoms with Gasteiger partial charge in [0.1, 0.15) is 5.82 Å². The summed E-state index contributed by atoms with van der Waals surface area (Å²) in [6.07, 6.45) is 2.63. The van der Waals surface area contributed by atoms with Crippen LogP contribution >= 0.6 is 0 Å². The molecule has 2 aromatic carbocycles. The van der Waals surface area contributed by atoms with Crippen molar-refractivity contribution < 1.29 is 26.8 Å². The Morgan fingerprint density at radius 1 is 1.12 bits per heavy atom. The van der Waals surface area contributed by atoms with Crippen molar-refractivity contribution in [3.63, 3.8) is 0 Å². The van der Waals surface area contributed by atoms with E-state index < -0.39 is 27.4 Å². The van der Waals surface area contributed by atoms with Crippen molar-refractivity contribution in [3.8, 4) is 11.1 Å². The van der Waals surface area contributed by atoms with Gasteiger partial charge in [-0.2, -0.15) is 0 Å². The van der Waals surface area contributed by atoms with Crippen LogP contribution in [-0.2, 0) is 20.3 Å². The van der Waals surface area contributed by atoms with Crippen molar-refractivity contribution in [2.75, 3.05) is 7.11 Å². The van der Waals surface area contributed by atoms with E-state index in [4.69, 9.17) is 9.15 Å². The lowest BCUT2D eigenvalue weighted by Gasteiger charge is -2.14. The maximum atomic E-state index is 14.5. The summed E-state index contributed by atoms with van der Waals surface area (Å²) in [7, 11) is -2.63. The monoisotopic (exact) mass is 374 g/mol. The number of sulfone groups is 1. The average molecular weight is 374 g/mol. The van der Waals surface area contributed by atoms with Crippen molar-refractivity contribution in [2.24, 2.45) is 0 Å². The minimum absolute atomic E-state index is 0.00107. The first-order valence-corrected chi connectivity index (χ1v) is 9.29. The number of carbonyl (C=O) groups excluding carboxylic acids is 1. The maximum absolute atomic E-state index is 14.5. The number of rotatable bonds is 5. The third kappa shape index (κ3) is 3.39. The molecule has 0 unspecified atom stereocenters. The van der Waals surface area contributed by atoms with Crippen LogP contribution in [-0.4, -0.2) is 21.5 Å². The molecule has 26 heavy (non-hydrogen) atoms. The van der Waals surface area contributed by atoms with Gasteiger partial charge in [0.15, 0.2) is 9.84 Å². The highest BCUT2D eigenvalue weighted by Crippen LogP contribution is 2.33. The standard InChI is InChI=1S/C19H15FO5S/c1-24-19(21)15-7-8-17(20)18(13-9-10-25-11-13)16(15)12-26(22,23)14-5-3-2-4-6-14/h2-11H,12H2,1H3. The van der Waals surface area contributed by atoms with E-state index in [9.17, 15) is 17.6 Å². The van der Waals surface area contributed by atoms with E-state index >= 15 is 0 Å². The molecule has 7 heteroatoms. The Hall–Kier alpha value is -2.93. The Kier molecular flexibility index (Phi) is 4.90. The van der Waals surface area contributed by atoms with Gasteiger partial charge in [-0.15, -0.1) is 0 Å². The molecule has 0 fully saturated rings. The molecule has 0 aliphatic heterocycles. The van der Waals surface area contributed by atoms with E-state index in [2.05, 4.69) is 0 Å². The molecule has 134 valence electrons. The van der Waals surface area contributed by atoms with Crippen LogP contribution in [0.25, 0.3) is 11.1 Å². The van der Waals surface area contributed by atoms with E-state index in [0.29, 0.717) is 5.56 Å². The second kappa shape index (κ2) is 7.13. The molecule has 0 N–H and O–H groups in total. The van der Waals surface area contributed by atoms with Crippen LogP contribution < -0.4 is 0 Å². The molecule has 3 rings (SSSR count). The van der Waals surface area contributed by atoms with Gasteiger partial charge in [0.25, 0.3) is 0 Å². The number of carbonyl (C=O) groups is 1. The van der Waals surface area contributed by atoms with Gasteiger partial charge in [-0.05, 0) is 35.9 Å². The van der Waals surface area contributed by atoms with Crippen molar-refractivity contribution in [1.82, 2.24) is 0 Å². The van der Waals surface area contributed by atoms with Gasteiger partial charge < -0.3 is 9.15 Å². The summed E-state index contributed by atoms with van der Waals surface area (Å²) in [5, 5.41) is 0. The van der Waals surface area contributed by atoms with E-state index in [-0.39, 0.29) is 21.6 Å². The molecule has 0 saturated heterocycles. The van der Waals surface area contributed by atoms with Gasteiger partial charge in [0.2, 0.25) is 0 Å². The zero-order chi connectivity index (χ0) is 18.7. The van der Waals surface area contributed by atoms with Crippen LogP contribution in [0.3, 0.4) is 0 Å². The van der Waals surface area contributed by atoms with E-state index in [1.165, 1.54) is 43.9 Å². The highest BCUT2D eigenvalue weighted by Gasteiger charge is 2.26. The molecule has 5 nitrogen and oxygen atoms in total. The van der Waals surface area contributed by atoms with Gasteiger partial charge in [0.05, 0.1) is 35.8 Å². The summed E-state index contributed by atoms with van der Waals surface area (Å²) in [5.41, 5.74) is 0.361. The summed E-state index contributed by atoms with van der Waals surface area (Å²) >= 11 is 0. The fraction of sp³-hybridized carbons (Fsp3) is 0.105. The normalized spacial score (nSPS) is 11.3. The molecular weight excluding hydrogens is 359 g/mol. The number of esters is 1. The molecular formula is C19H15FO5S. The van der Waals surface area contributed by atoms with Crippen LogP contribution in [0, 0.1) is 5.82 Å². The fourth-order valence-electron chi connectivity index (χ4n) is 2.69. The molecule has 1 aromatic heterocycles. The van der Waals surface area contributed by atoms with Crippen molar-refractivity contribution >= 4 is 15.8 Å². The second-order valence-corrected chi connectivity index (χ2v) is 7.51. The molecule has 0 bridgehead atoms. The van der Waals surface area contributed by atoms with Crippen molar-refractivity contribution in [1.29, 1.82) is 0 Å². The molecule has 0 saturated carbocycles. The summed E-state index contributed by atoms with van der Waals surface area (Å²) < 4.78 is 49.9. The van der Waals surface area contributed by atoms with Gasteiger partial charge in [0, 0.05) is 11.1 Å². The van der Waals surface area contributed by atoms with Crippen LogP contribution in [0.5, 0.6) is 0 Å². The number of hydrogen-bond acceptors (Lipinski definition) is 5. The summed E-state index contributed by atoms with van der Waals surface area (Å²) in [6.45, 7) is 0. The molecule has 0 aliphatic carbocycles. The predicted octanol–water partition coefficient (Wildman–Crippen LogP) is 3.85. The molecule has 0 radical (unpaired) electrons. The summed E-state index contributed by atoms with van der Waals surface area (Å²) in [5.74, 6) is -1.95. The number of methoxy groups -OCH3 is 1. The first kappa shape index (κ1) is 17.9. The topological polar surface area (TPSA) is 73.6 Å². The molecule has 0 spiro atoms. The third-order valence-electron chi connectivity index (χ3n) is 3.91. The first-order valence-electron chi connectivity index (χ1n) is 7.64. The Morgan fingerprint density at radius 2 is 1.85 bits per heavy atom. The molecule has 0 amide bonds. The lowest BCUT2D eigenvalue weighted by atomic mass is 9.97. The number of ether oxygens (including phenoxy) is 1. The van der Waals surface area contributed by atoms with Crippen molar-refractivity contribution in [2.45, 2.75) is 10.6 Å². The highest BCUT2D eigenvalue weighted by atomic mass is 32.2. The van der Waals surface area contributed by atoms with Gasteiger partial charge in [-0.1, -0.05) is 18.2 Å². The van der Waals surface area contributed by atoms with Crippen LogP contribution in [0.15, 0.2) is 70.4 Å². The molecule has 3 aromatic rings. The highest BCUT2D eigenvalue weighted by molar-refractivity contribution is 7.90. The Bertz CT molecular complexity index is 1030. The number of halogens is 1. The average Bonchev–Trinajstić information content (AvgIpc) is 3.16. The van der Waals surface area contributed by atoms with Crippen LogP contribution in [0.4, 0.5) is 4.39 Å². The van der Waals surface area contributed by atoms with E-state index in [1.807, 2.05) is 0 Å². The number of furan rings is 1. The van der Waals surface area contributed by atoms with Crippen LogP contribution in [0.2, 0.25) is 0 Å². The molecule has 1 heterocycles. The Balaban J connectivity index is 2.21. The SMILES string of the molecule is COC(=O)c1ccc(F)c(-c2ccoc2)c1CS(=O)(=O)c1ccccc1.